The fourth-order valence-electron chi connectivity index (χ4n) is 1.00. The Morgan fingerprint density at radius 1 is 1.47 bits per heavy atom. The Morgan fingerprint density at radius 2 is 2.13 bits per heavy atom. The highest BCUT2D eigenvalue weighted by Crippen LogP contribution is 2.07. The van der Waals surface area contributed by atoms with Crippen LogP contribution in [0.2, 0.25) is 0 Å². The number of para-hydroxylation sites is 1. The van der Waals surface area contributed by atoms with Crippen molar-refractivity contribution in [2.45, 2.75) is 11.8 Å². The van der Waals surface area contributed by atoms with Crippen LogP contribution in [0.5, 0.6) is 5.75 Å². The Labute approximate surface area is 97.9 Å². The Kier molecular flexibility index (Phi) is 5.18. The van der Waals surface area contributed by atoms with E-state index in [4.69, 9.17) is 4.74 Å². The van der Waals surface area contributed by atoms with Gasteiger partial charge in [-0.05, 0) is 19.1 Å². The van der Waals surface area contributed by atoms with Crippen LogP contribution < -0.4 is 10.1 Å². The quantitative estimate of drug-likeness (QED) is 0.657. The standard InChI is InChI=1S/C11H14BrNO2/c1-9(12)11(14)13-7-8-15-10-5-3-2-4-6-10/h2-6,9H,7-8H2,1H3,(H,13,14). The number of hydrogen-bond acceptors (Lipinski definition) is 2. The Hall–Kier alpha value is -1.03. The largest absolute Gasteiger partial charge is 0.492 e. The lowest BCUT2D eigenvalue weighted by atomic mass is 10.3. The number of rotatable bonds is 5. The van der Waals surface area contributed by atoms with Crippen molar-refractivity contribution in [3.63, 3.8) is 0 Å². The molecule has 0 radical (unpaired) electrons. The SMILES string of the molecule is CC(Br)C(=O)NCCOc1ccccc1. The van der Waals surface area contributed by atoms with Crippen molar-refractivity contribution in [2.75, 3.05) is 13.2 Å². The van der Waals surface area contributed by atoms with E-state index in [9.17, 15) is 4.79 Å². The minimum atomic E-state index is -0.158. The molecule has 0 heterocycles. The molecule has 0 bridgehead atoms. The molecule has 0 saturated carbocycles. The molecule has 0 fully saturated rings. The second-order valence-corrected chi connectivity index (χ2v) is 4.44. The molecule has 1 rings (SSSR count). The molecule has 15 heavy (non-hydrogen) atoms. The number of halogens is 1. The van der Waals surface area contributed by atoms with E-state index in [0.29, 0.717) is 13.2 Å². The monoisotopic (exact) mass is 271 g/mol. The second-order valence-electron chi connectivity index (χ2n) is 3.07. The molecule has 0 aromatic heterocycles. The third kappa shape index (κ3) is 4.83. The fourth-order valence-corrected chi connectivity index (χ4v) is 1.16. The van der Waals surface area contributed by atoms with Gasteiger partial charge in [-0.3, -0.25) is 4.79 Å². The molecule has 1 aromatic rings. The average Bonchev–Trinajstić information content (AvgIpc) is 2.25. The normalized spacial score (nSPS) is 11.9. The molecular formula is C11H14BrNO2. The summed E-state index contributed by atoms with van der Waals surface area (Å²) in [5.74, 6) is 0.797. The van der Waals surface area contributed by atoms with Crippen LogP contribution in [0.1, 0.15) is 6.92 Å². The van der Waals surface area contributed by atoms with Crippen LogP contribution in [-0.2, 0) is 4.79 Å². The molecule has 0 aliphatic heterocycles. The van der Waals surface area contributed by atoms with Gasteiger partial charge in [0.25, 0.3) is 0 Å². The zero-order valence-corrected chi connectivity index (χ0v) is 10.2. The maximum absolute atomic E-state index is 11.1. The predicted octanol–water partition coefficient (Wildman–Crippen LogP) is 1.97. The summed E-state index contributed by atoms with van der Waals surface area (Å²) in [4.78, 5) is 11.0. The Morgan fingerprint density at radius 3 is 2.73 bits per heavy atom. The average molecular weight is 272 g/mol. The van der Waals surface area contributed by atoms with Crippen LogP contribution in [0.4, 0.5) is 0 Å². The van der Waals surface area contributed by atoms with Crippen LogP contribution in [0.3, 0.4) is 0 Å². The molecule has 82 valence electrons. The van der Waals surface area contributed by atoms with Gasteiger partial charge in [0.15, 0.2) is 0 Å². The van der Waals surface area contributed by atoms with Gasteiger partial charge in [0.2, 0.25) is 5.91 Å². The lowest BCUT2D eigenvalue weighted by Gasteiger charge is -2.08. The van der Waals surface area contributed by atoms with E-state index in [1.807, 2.05) is 30.3 Å². The smallest absolute Gasteiger partial charge is 0.233 e. The van der Waals surface area contributed by atoms with Crippen molar-refractivity contribution in [1.29, 1.82) is 0 Å². The van der Waals surface area contributed by atoms with Crippen LogP contribution >= 0.6 is 15.9 Å². The molecule has 4 heteroatoms. The molecular weight excluding hydrogens is 258 g/mol. The first kappa shape index (κ1) is 12.0. The van der Waals surface area contributed by atoms with E-state index in [1.54, 1.807) is 6.92 Å². The van der Waals surface area contributed by atoms with Gasteiger partial charge in [-0.25, -0.2) is 0 Å². The molecule has 1 aromatic carbocycles. The van der Waals surface area contributed by atoms with E-state index in [0.717, 1.165) is 5.75 Å². The lowest BCUT2D eigenvalue weighted by molar-refractivity contribution is -0.120. The summed E-state index contributed by atoms with van der Waals surface area (Å²) < 4.78 is 5.41. The van der Waals surface area contributed by atoms with E-state index >= 15 is 0 Å². The molecule has 0 spiro atoms. The second kappa shape index (κ2) is 6.45. The topological polar surface area (TPSA) is 38.3 Å². The number of carbonyl (C=O) groups excluding carboxylic acids is 1. The summed E-state index contributed by atoms with van der Waals surface area (Å²) >= 11 is 3.18. The van der Waals surface area contributed by atoms with Gasteiger partial charge in [0.1, 0.15) is 12.4 Å². The highest BCUT2D eigenvalue weighted by molar-refractivity contribution is 9.10. The maximum Gasteiger partial charge on any atom is 0.233 e. The number of alkyl halides is 1. The van der Waals surface area contributed by atoms with E-state index < -0.39 is 0 Å². The van der Waals surface area contributed by atoms with Gasteiger partial charge in [-0.2, -0.15) is 0 Å². The van der Waals surface area contributed by atoms with Crippen LogP contribution in [0.25, 0.3) is 0 Å². The van der Waals surface area contributed by atoms with Crippen molar-refractivity contribution in [3.05, 3.63) is 30.3 Å². The number of benzene rings is 1. The van der Waals surface area contributed by atoms with E-state index in [-0.39, 0.29) is 10.7 Å². The molecule has 3 nitrogen and oxygen atoms in total. The zero-order valence-electron chi connectivity index (χ0n) is 8.57. The summed E-state index contributed by atoms with van der Waals surface area (Å²) in [5.41, 5.74) is 0. The zero-order chi connectivity index (χ0) is 11.1. The Bertz CT molecular complexity index is 301. The van der Waals surface area contributed by atoms with Gasteiger partial charge in [0, 0.05) is 0 Å². The summed E-state index contributed by atoms with van der Waals surface area (Å²) in [5, 5.41) is 2.74. The third-order valence-corrected chi connectivity index (χ3v) is 2.19. The Balaban J connectivity index is 2.15. The number of ether oxygens (including phenoxy) is 1. The minimum Gasteiger partial charge on any atom is -0.492 e. The molecule has 0 aliphatic rings. The van der Waals surface area contributed by atoms with E-state index in [1.165, 1.54) is 0 Å². The van der Waals surface area contributed by atoms with Crippen molar-refractivity contribution in [2.24, 2.45) is 0 Å². The number of carbonyl (C=O) groups is 1. The minimum absolute atomic E-state index is 0.0216. The molecule has 1 amide bonds. The first-order valence-corrected chi connectivity index (χ1v) is 5.71. The summed E-state index contributed by atoms with van der Waals surface area (Å²) in [6, 6.07) is 9.52. The first-order valence-electron chi connectivity index (χ1n) is 4.80. The number of hydrogen-bond donors (Lipinski definition) is 1. The molecule has 0 aliphatic carbocycles. The molecule has 1 N–H and O–H groups in total. The number of amides is 1. The van der Waals surface area contributed by atoms with Crippen molar-refractivity contribution >= 4 is 21.8 Å². The van der Waals surface area contributed by atoms with Crippen LogP contribution in [-0.4, -0.2) is 23.9 Å². The van der Waals surface area contributed by atoms with Crippen LogP contribution in [0, 0.1) is 0 Å². The van der Waals surface area contributed by atoms with Gasteiger partial charge < -0.3 is 10.1 Å². The van der Waals surface area contributed by atoms with Crippen molar-refractivity contribution in [3.8, 4) is 5.75 Å². The number of nitrogens with one attached hydrogen (secondary N) is 1. The fraction of sp³-hybridized carbons (Fsp3) is 0.364. The van der Waals surface area contributed by atoms with Crippen molar-refractivity contribution in [1.82, 2.24) is 5.32 Å². The van der Waals surface area contributed by atoms with Gasteiger partial charge in [0.05, 0.1) is 11.4 Å². The van der Waals surface area contributed by atoms with Gasteiger partial charge in [-0.1, -0.05) is 34.1 Å². The van der Waals surface area contributed by atoms with Crippen LogP contribution in [0.15, 0.2) is 30.3 Å². The summed E-state index contributed by atoms with van der Waals surface area (Å²) in [6.07, 6.45) is 0. The van der Waals surface area contributed by atoms with E-state index in [2.05, 4.69) is 21.2 Å². The van der Waals surface area contributed by atoms with Gasteiger partial charge in [-0.15, -0.1) is 0 Å². The van der Waals surface area contributed by atoms with Crippen molar-refractivity contribution < 1.29 is 9.53 Å². The highest BCUT2D eigenvalue weighted by atomic mass is 79.9. The summed E-state index contributed by atoms with van der Waals surface area (Å²) in [6.45, 7) is 2.78. The van der Waals surface area contributed by atoms with Gasteiger partial charge >= 0.3 is 0 Å². The summed E-state index contributed by atoms with van der Waals surface area (Å²) in [7, 11) is 0. The third-order valence-electron chi connectivity index (χ3n) is 1.77. The molecule has 1 atom stereocenters. The highest BCUT2D eigenvalue weighted by Gasteiger charge is 2.06. The molecule has 1 unspecified atom stereocenters. The molecule has 0 saturated heterocycles. The maximum atomic E-state index is 11.1. The lowest BCUT2D eigenvalue weighted by Crippen LogP contribution is -2.32. The first-order chi connectivity index (χ1) is 7.20. The predicted molar refractivity (Wildman–Crippen MR) is 63.3 cm³/mol.